The summed E-state index contributed by atoms with van der Waals surface area (Å²) in [5.74, 6) is -0.154. The van der Waals surface area contributed by atoms with Crippen molar-refractivity contribution in [1.82, 2.24) is 0 Å². The summed E-state index contributed by atoms with van der Waals surface area (Å²) in [6, 6.07) is 5.12. The highest BCUT2D eigenvalue weighted by Gasteiger charge is 2.10. The minimum atomic E-state index is -0.154. The van der Waals surface area contributed by atoms with Gasteiger partial charge in [0.25, 0.3) is 0 Å². The number of benzene rings is 1. The second kappa shape index (κ2) is 5.86. The molecule has 0 aliphatic carbocycles. The fraction of sp³-hybridized carbons (Fsp3) is 0.538. The molecule has 0 saturated carbocycles. The summed E-state index contributed by atoms with van der Waals surface area (Å²) >= 11 is 0. The van der Waals surface area contributed by atoms with Crippen LogP contribution in [0.25, 0.3) is 0 Å². The fourth-order valence-electron chi connectivity index (χ4n) is 1.80. The van der Waals surface area contributed by atoms with Gasteiger partial charge in [0, 0.05) is 6.04 Å². The SMILES string of the molecule is CCCCC[C@@H](N)c1cccc(F)c1C. The predicted molar refractivity (Wildman–Crippen MR) is 62.2 cm³/mol. The normalized spacial score (nSPS) is 12.8. The Kier molecular flexibility index (Phi) is 4.76. The molecule has 1 rings (SSSR count). The average molecular weight is 209 g/mol. The molecule has 0 bridgehead atoms. The van der Waals surface area contributed by atoms with Crippen molar-refractivity contribution in [2.75, 3.05) is 0 Å². The lowest BCUT2D eigenvalue weighted by Crippen LogP contribution is -2.12. The quantitative estimate of drug-likeness (QED) is 0.735. The molecule has 84 valence electrons. The second-order valence-electron chi connectivity index (χ2n) is 4.06. The molecule has 0 aliphatic heterocycles. The van der Waals surface area contributed by atoms with Crippen molar-refractivity contribution >= 4 is 0 Å². The van der Waals surface area contributed by atoms with E-state index in [-0.39, 0.29) is 11.9 Å². The third kappa shape index (κ3) is 3.31. The smallest absolute Gasteiger partial charge is 0.126 e. The highest BCUT2D eigenvalue weighted by molar-refractivity contribution is 5.29. The molecule has 1 aromatic rings. The summed E-state index contributed by atoms with van der Waals surface area (Å²) in [6.07, 6.45) is 4.45. The molecule has 0 saturated heterocycles. The molecule has 0 spiro atoms. The Balaban J connectivity index is 2.65. The summed E-state index contributed by atoms with van der Waals surface area (Å²) in [4.78, 5) is 0. The van der Waals surface area contributed by atoms with E-state index in [0.29, 0.717) is 5.56 Å². The Bertz CT molecular complexity index is 309. The van der Waals surface area contributed by atoms with E-state index in [4.69, 9.17) is 5.73 Å². The topological polar surface area (TPSA) is 26.0 Å². The van der Waals surface area contributed by atoms with Gasteiger partial charge in [-0.15, -0.1) is 0 Å². The molecule has 2 heteroatoms. The first-order chi connectivity index (χ1) is 7.16. The lowest BCUT2D eigenvalue weighted by Gasteiger charge is -2.14. The molecule has 1 atom stereocenters. The zero-order chi connectivity index (χ0) is 11.3. The van der Waals surface area contributed by atoms with Crippen molar-refractivity contribution in [3.05, 3.63) is 35.1 Å². The van der Waals surface area contributed by atoms with Crippen LogP contribution in [0.5, 0.6) is 0 Å². The number of rotatable bonds is 5. The van der Waals surface area contributed by atoms with Crippen molar-refractivity contribution in [3.63, 3.8) is 0 Å². The largest absolute Gasteiger partial charge is 0.324 e. The minimum absolute atomic E-state index is 0.0211. The van der Waals surface area contributed by atoms with Gasteiger partial charge in [-0.3, -0.25) is 0 Å². The third-order valence-corrected chi connectivity index (χ3v) is 2.83. The maximum absolute atomic E-state index is 13.3. The molecule has 0 unspecified atom stereocenters. The van der Waals surface area contributed by atoms with Gasteiger partial charge in [0.15, 0.2) is 0 Å². The van der Waals surface area contributed by atoms with E-state index in [1.807, 2.05) is 6.07 Å². The van der Waals surface area contributed by atoms with Crippen LogP contribution in [-0.4, -0.2) is 0 Å². The van der Waals surface area contributed by atoms with Crippen LogP contribution in [0.4, 0.5) is 4.39 Å². The molecule has 1 aromatic carbocycles. The summed E-state index contributed by atoms with van der Waals surface area (Å²) in [6.45, 7) is 3.96. The van der Waals surface area contributed by atoms with E-state index < -0.39 is 0 Å². The van der Waals surface area contributed by atoms with Crippen LogP contribution in [0, 0.1) is 12.7 Å². The van der Waals surface area contributed by atoms with Crippen LogP contribution >= 0.6 is 0 Å². The van der Waals surface area contributed by atoms with Gasteiger partial charge in [0.1, 0.15) is 5.82 Å². The molecule has 15 heavy (non-hydrogen) atoms. The summed E-state index contributed by atoms with van der Waals surface area (Å²) in [5, 5.41) is 0. The van der Waals surface area contributed by atoms with Crippen LogP contribution in [0.1, 0.15) is 49.8 Å². The van der Waals surface area contributed by atoms with Crippen LogP contribution in [0.15, 0.2) is 18.2 Å². The van der Waals surface area contributed by atoms with E-state index in [0.717, 1.165) is 18.4 Å². The van der Waals surface area contributed by atoms with Crippen LogP contribution in [0.3, 0.4) is 0 Å². The maximum Gasteiger partial charge on any atom is 0.126 e. The number of unbranched alkanes of at least 4 members (excludes halogenated alkanes) is 2. The predicted octanol–water partition coefficient (Wildman–Crippen LogP) is 3.71. The highest BCUT2D eigenvalue weighted by Crippen LogP contribution is 2.22. The summed E-state index contributed by atoms with van der Waals surface area (Å²) in [5.41, 5.74) is 7.68. The number of nitrogens with two attached hydrogens (primary N) is 1. The van der Waals surface area contributed by atoms with Crippen molar-refractivity contribution in [3.8, 4) is 0 Å². The molecule has 0 fully saturated rings. The Morgan fingerprint density at radius 2 is 2.07 bits per heavy atom. The average Bonchev–Trinajstić information content (AvgIpc) is 2.22. The first-order valence-electron chi connectivity index (χ1n) is 5.67. The molecule has 1 nitrogen and oxygen atoms in total. The third-order valence-electron chi connectivity index (χ3n) is 2.83. The van der Waals surface area contributed by atoms with Crippen molar-refractivity contribution in [2.24, 2.45) is 5.73 Å². The Morgan fingerprint density at radius 3 is 2.73 bits per heavy atom. The van der Waals surface area contributed by atoms with Gasteiger partial charge in [0.2, 0.25) is 0 Å². The van der Waals surface area contributed by atoms with Gasteiger partial charge >= 0.3 is 0 Å². The van der Waals surface area contributed by atoms with E-state index in [2.05, 4.69) is 6.92 Å². The Labute approximate surface area is 91.5 Å². The fourth-order valence-corrected chi connectivity index (χ4v) is 1.80. The van der Waals surface area contributed by atoms with Crippen molar-refractivity contribution < 1.29 is 4.39 Å². The van der Waals surface area contributed by atoms with E-state index >= 15 is 0 Å². The zero-order valence-corrected chi connectivity index (χ0v) is 9.59. The first kappa shape index (κ1) is 12.2. The summed E-state index contributed by atoms with van der Waals surface area (Å²) in [7, 11) is 0. The molecule has 2 N–H and O–H groups in total. The molecule has 0 radical (unpaired) electrons. The van der Waals surface area contributed by atoms with Crippen molar-refractivity contribution in [2.45, 2.75) is 45.6 Å². The minimum Gasteiger partial charge on any atom is -0.324 e. The number of hydrogen-bond donors (Lipinski definition) is 1. The molecule has 0 aliphatic rings. The molecule has 0 heterocycles. The van der Waals surface area contributed by atoms with Gasteiger partial charge < -0.3 is 5.73 Å². The summed E-state index contributed by atoms with van der Waals surface area (Å²) < 4.78 is 13.3. The molecular formula is C13H20FN. The van der Waals surface area contributed by atoms with Crippen LogP contribution in [-0.2, 0) is 0 Å². The molecular weight excluding hydrogens is 189 g/mol. The van der Waals surface area contributed by atoms with Crippen molar-refractivity contribution in [1.29, 1.82) is 0 Å². The maximum atomic E-state index is 13.3. The highest BCUT2D eigenvalue weighted by atomic mass is 19.1. The van der Waals surface area contributed by atoms with Gasteiger partial charge in [0.05, 0.1) is 0 Å². The molecule has 0 aromatic heterocycles. The van der Waals surface area contributed by atoms with Gasteiger partial charge in [-0.2, -0.15) is 0 Å². The van der Waals surface area contributed by atoms with E-state index in [1.54, 1.807) is 13.0 Å². The first-order valence-corrected chi connectivity index (χ1v) is 5.67. The lowest BCUT2D eigenvalue weighted by atomic mass is 9.97. The van der Waals surface area contributed by atoms with Gasteiger partial charge in [-0.25, -0.2) is 4.39 Å². The van der Waals surface area contributed by atoms with E-state index in [1.165, 1.54) is 18.9 Å². The van der Waals surface area contributed by atoms with Crippen LogP contribution in [0.2, 0.25) is 0 Å². The zero-order valence-electron chi connectivity index (χ0n) is 9.59. The molecule has 0 amide bonds. The Hall–Kier alpha value is -0.890. The monoisotopic (exact) mass is 209 g/mol. The number of hydrogen-bond acceptors (Lipinski definition) is 1. The number of halogens is 1. The van der Waals surface area contributed by atoms with Gasteiger partial charge in [-0.1, -0.05) is 38.3 Å². The lowest BCUT2D eigenvalue weighted by molar-refractivity contribution is 0.567. The Morgan fingerprint density at radius 1 is 1.33 bits per heavy atom. The van der Waals surface area contributed by atoms with Crippen LogP contribution < -0.4 is 5.73 Å². The standard InChI is InChI=1S/C13H20FN/c1-3-4-5-9-13(15)11-7-6-8-12(14)10(11)2/h6-8,13H,3-5,9,15H2,1-2H3/t13-/m1/s1. The second-order valence-corrected chi connectivity index (χ2v) is 4.06. The van der Waals surface area contributed by atoms with E-state index in [9.17, 15) is 4.39 Å². The van der Waals surface area contributed by atoms with Gasteiger partial charge in [-0.05, 0) is 30.5 Å².